The van der Waals surface area contributed by atoms with Crippen molar-refractivity contribution in [3.05, 3.63) is 22.6 Å². The van der Waals surface area contributed by atoms with Crippen molar-refractivity contribution in [3.8, 4) is 0 Å². The first-order valence-electron chi connectivity index (χ1n) is 5.01. The molecule has 0 aliphatic rings. The van der Waals surface area contributed by atoms with Gasteiger partial charge < -0.3 is 15.3 Å². The predicted octanol–water partition coefficient (Wildman–Crippen LogP) is 1.94. The van der Waals surface area contributed by atoms with Gasteiger partial charge in [0.1, 0.15) is 17.1 Å². The number of aromatic carboxylic acids is 1. The van der Waals surface area contributed by atoms with Crippen LogP contribution in [0.15, 0.2) is 4.42 Å². The summed E-state index contributed by atoms with van der Waals surface area (Å²) >= 11 is 0. The molecule has 4 nitrogen and oxygen atoms in total. The van der Waals surface area contributed by atoms with Crippen molar-refractivity contribution in [1.82, 2.24) is 0 Å². The van der Waals surface area contributed by atoms with Gasteiger partial charge in [-0.2, -0.15) is 0 Å². The van der Waals surface area contributed by atoms with E-state index in [1.54, 1.807) is 6.92 Å². The number of hydrogen-bond acceptors (Lipinski definition) is 3. The number of rotatable bonds is 4. The molecule has 1 heterocycles. The van der Waals surface area contributed by atoms with Crippen LogP contribution in [0, 0.1) is 12.8 Å². The van der Waals surface area contributed by atoms with Crippen molar-refractivity contribution in [2.45, 2.75) is 33.7 Å². The average Bonchev–Trinajstić information content (AvgIpc) is 2.40. The zero-order valence-electron chi connectivity index (χ0n) is 9.33. The van der Waals surface area contributed by atoms with E-state index >= 15 is 0 Å². The third kappa shape index (κ3) is 2.39. The molecule has 0 spiro atoms. The molecule has 1 aromatic rings. The molecule has 0 unspecified atom stereocenters. The van der Waals surface area contributed by atoms with Crippen molar-refractivity contribution in [1.29, 1.82) is 0 Å². The van der Waals surface area contributed by atoms with Crippen LogP contribution < -0.4 is 5.73 Å². The van der Waals surface area contributed by atoms with Gasteiger partial charge >= 0.3 is 5.97 Å². The molecule has 1 aromatic heterocycles. The van der Waals surface area contributed by atoms with Gasteiger partial charge in [0, 0.05) is 18.5 Å². The van der Waals surface area contributed by atoms with Crippen LogP contribution in [0.3, 0.4) is 0 Å². The van der Waals surface area contributed by atoms with Crippen LogP contribution in [0.5, 0.6) is 0 Å². The van der Waals surface area contributed by atoms with E-state index in [1.165, 1.54) is 0 Å². The summed E-state index contributed by atoms with van der Waals surface area (Å²) in [7, 11) is 0. The molecule has 4 heteroatoms. The molecule has 0 aliphatic carbocycles. The lowest BCUT2D eigenvalue weighted by Crippen LogP contribution is -2.08. The average molecular weight is 211 g/mol. The summed E-state index contributed by atoms with van der Waals surface area (Å²) in [6, 6.07) is 0. The van der Waals surface area contributed by atoms with E-state index in [0.717, 1.165) is 0 Å². The van der Waals surface area contributed by atoms with E-state index < -0.39 is 5.97 Å². The molecule has 0 atom stereocenters. The molecule has 0 radical (unpaired) electrons. The van der Waals surface area contributed by atoms with Crippen LogP contribution in [0.1, 0.15) is 41.3 Å². The fraction of sp³-hybridized carbons (Fsp3) is 0.545. The summed E-state index contributed by atoms with van der Waals surface area (Å²) in [6.07, 6.45) is 0.627. The highest BCUT2D eigenvalue weighted by Crippen LogP contribution is 2.24. The zero-order chi connectivity index (χ0) is 11.6. The fourth-order valence-corrected chi connectivity index (χ4v) is 1.65. The number of carbonyl (C=O) groups is 1. The summed E-state index contributed by atoms with van der Waals surface area (Å²) in [5.74, 6) is 0.559. The Morgan fingerprint density at radius 1 is 1.53 bits per heavy atom. The van der Waals surface area contributed by atoms with E-state index in [-0.39, 0.29) is 12.1 Å². The molecule has 0 saturated heterocycles. The Labute approximate surface area is 89.1 Å². The van der Waals surface area contributed by atoms with Gasteiger partial charge in [0.2, 0.25) is 0 Å². The number of furan rings is 1. The first kappa shape index (κ1) is 11.8. The summed E-state index contributed by atoms with van der Waals surface area (Å²) in [4.78, 5) is 11.1. The Balaban J connectivity index is 3.20. The summed E-state index contributed by atoms with van der Waals surface area (Å²) in [5.41, 5.74) is 6.37. The van der Waals surface area contributed by atoms with Crippen molar-refractivity contribution in [2.75, 3.05) is 0 Å². The number of carboxylic acid groups (broad SMARTS) is 1. The standard InChI is InChI=1S/C11H17NO3/c1-6(2)4-9-10(11(13)14)8(5-12)7(3)15-9/h6H,4-5,12H2,1-3H3,(H,13,14). The Kier molecular flexibility index (Phi) is 3.52. The SMILES string of the molecule is Cc1oc(CC(C)C)c(C(=O)O)c1CN. The van der Waals surface area contributed by atoms with Gasteiger partial charge in [-0.25, -0.2) is 4.79 Å². The second-order valence-electron chi connectivity index (χ2n) is 4.04. The van der Waals surface area contributed by atoms with Gasteiger partial charge in [0.05, 0.1) is 0 Å². The van der Waals surface area contributed by atoms with Crippen molar-refractivity contribution in [3.63, 3.8) is 0 Å². The van der Waals surface area contributed by atoms with Gasteiger partial charge in [0.15, 0.2) is 0 Å². The highest BCUT2D eigenvalue weighted by molar-refractivity contribution is 5.91. The van der Waals surface area contributed by atoms with Crippen LogP contribution in [0.4, 0.5) is 0 Å². The third-order valence-corrected chi connectivity index (χ3v) is 2.29. The summed E-state index contributed by atoms with van der Waals surface area (Å²) < 4.78 is 5.45. The normalized spacial score (nSPS) is 11.0. The molecule has 0 bridgehead atoms. The van der Waals surface area contributed by atoms with Gasteiger partial charge in [-0.1, -0.05) is 13.8 Å². The second kappa shape index (κ2) is 4.49. The van der Waals surface area contributed by atoms with Crippen molar-refractivity contribution < 1.29 is 14.3 Å². The predicted molar refractivity (Wildman–Crippen MR) is 56.8 cm³/mol. The van der Waals surface area contributed by atoms with E-state index in [9.17, 15) is 4.79 Å². The molecule has 0 fully saturated rings. The maximum atomic E-state index is 11.1. The Hall–Kier alpha value is -1.29. The lowest BCUT2D eigenvalue weighted by Gasteiger charge is -2.02. The van der Waals surface area contributed by atoms with Crippen LogP contribution >= 0.6 is 0 Å². The summed E-state index contributed by atoms with van der Waals surface area (Å²) in [5, 5.41) is 9.09. The van der Waals surface area contributed by atoms with E-state index in [2.05, 4.69) is 0 Å². The number of aryl methyl sites for hydroxylation is 1. The molecule has 0 aromatic carbocycles. The van der Waals surface area contributed by atoms with E-state index in [1.807, 2.05) is 13.8 Å². The lowest BCUT2D eigenvalue weighted by atomic mass is 10.0. The smallest absolute Gasteiger partial charge is 0.339 e. The minimum atomic E-state index is -0.956. The molecular formula is C11H17NO3. The molecule has 0 amide bonds. The molecule has 15 heavy (non-hydrogen) atoms. The highest BCUT2D eigenvalue weighted by atomic mass is 16.4. The summed E-state index contributed by atoms with van der Waals surface area (Å²) in [6.45, 7) is 5.99. The van der Waals surface area contributed by atoms with Crippen LogP contribution in [-0.4, -0.2) is 11.1 Å². The highest BCUT2D eigenvalue weighted by Gasteiger charge is 2.22. The lowest BCUT2D eigenvalue weighted by molar-refractivity contribution is 0.0693. The Bertz CT molecular complexity index is 366. The first-order chi connectivity index (χ1) is 6.97. The molecule has 0 aliphatic heterocycles. The minimum Gasteiger partial charge on any atom is -0.478 e. The Morgan fingerprint density at radius 2 is 2.13 bits per heavy atom. The third-order valence-electron chi connectivity index (χ3n) is 2.29. The Morgan fingerprint density at radius 3 is 2.53 bits per heavy atom. The number of carboxylic acids is 1. The van der Waals surface area contributed by atoms with Gasteiger partial charge in [-0.05, 0) is 12.8 Å². The van der Waals surface area contributed by atoms with Crippen molar-refractivity contribution >= 4 is 5.97 Å². The first-order valence-corrected chi connectivity index (χ1v) is 5.01. The van der Waals surface area contributed by atoms with Crippen LogP contribution in [0.25, 0.3) is 0 Å². The molecule has 3 N–H and O–H groups in total. The molecule has 84 valence electrons. The monoisotopic (exact) mass is 211 g/mol. The largest absolute Gasteiger partial charge is 0.478 e. The molecule has 0 saturated carbocycles. The second-order valence-corrected chi connectivity index (χ2v) is 4.04. The topological polar surface area (TPSA) is 76.5 Å². The van der Waals surface area contributed by atoms with Gasteiger partial charge in [0.25, 0.3) is 0 Å². The van der Waals surface area contributed by atoms with Crippen LogP contribution in [0.2, 0.25) is 0 Å². The number of hydrogen-bond donors (Lipinski definition) is 2. The van der Waals surface area contributed by atoms with E-state index in [4.69, 9.17) is 15.3 Å². The van der Waals surface area contributed by atoms with Crippen LogP contribution in [-0.2, 0) is 13.0 Å². The maximum Gasteiger partial charge on any atom is 0.339 e. The minimum absolute atomic E-state index is 0.203. The zero-order valence-corrected chi connectivity index (χ0v) is 9.33. The number of nitrogens with two attached hydrogens (primary N) is 1. The van der Waals surface area contributed by atoms with Gasteiger partial charge in [-0.15, -0.1) is 0 Å². The van der Waals surface area contributed by atoms with Crippen molar-refractivity contribution in [2.24, 2.45) is 11.7 Å². The molecular weight excluding hydrogens is 194 g/mol. The maximum absolute atomic E-state index is 11.1. The quantitative estimate of drug-likeness (QED) is 0.798. The van der Waals surface area contributed by atoms with E-state index in [0.29, 0.717) is 29.4 Å². The van der Waals surface area contributed by atoms with Gasteiger partial charge in [-0.3, -0.25) is 0 Å². The fourth-order valence-electron chi connectivity index (χ4n) is 1.65. The molecule has 1 rings (SSSR count).